The Kier molecular flexibility index (Phi) is 3.86. The van der Waals surface area contributed by atoms with Crippen LogP contribution in [0.2, 0.25) is 0 Å². The number of aromatic nitrogens is 3. The van der Waals surface area contributed by atoms with Gasteiger partial charge in [0.1, 0.15) is 5.69 Å². The van der Waals surface area contributed by atoms with Crippen molar-refractivity contribution in [1.29, 1.82) is 0 Å². The topological polar surface area (TPSA) is 73.6 Å². The number of H-pyrrole nitrogens is 2. The highest BCUT2D eigenvalue weighted by Gasteiger charge is 2.26. The Hall–Kier alpha value is -2.56. The van der Waals surface area contributed by atoms with Crippen LogP contribution in [0, 0.1) is 13.8 Å². The summed E-state index contributed by atoms with van der Waals surface area (Å²) in [6, 6.07) is 6.23. The van der Waals surface area contributed by atoms with Crippen molar-refractivity contribution in [3.05, 3.63) is 52.0 Å². The van der Waals surface area contributed by atoms with E-state index in [0.717, 1.165) is 23.2 Å². The van der Waals surface area contributed by atoms with Crippen LogP contribution in [0.4, 0.5) is 0 Å². The van der Waals surface area contributed by atoms with E-state index < -0.39 is 0 Å². The molecule has 0 bridgehead atoms. The fourth-order valence-electron chi connectivity index (χ4n) is 3.53. The van der Waals surface area contributed by atoms with Crippen molar-refractivity contribution in [3.8, 4) is 0 Å². The van der Waals surface area contributed by atoms with Crippen LogP contribution in [0.15, 0.2) is 18.2 Å². The Bertz CT molecular complexity index is 946. The third-order valence-corrected chi connectivity index (χ3v) is 5.14. The van der Waals surface area contributed by atoms with Crippen LogP contribution >= 0.6 is 0 Å². The summed E-state index contributed by atoms with van der Waals surface area (Å²) < 4.78 is 0. The van der Waals surface area contributed by atoms with Gasteiger partial charge in [-0.25, -0.2) is 0 Å². The normalized spacial score (nSPS) is 14.2. The van der Waals surface area contributed by atoms with Crippen molar-refractivity contribution >= 4 is 16.8 Å². The van der Waals surface area contributed by atoms with E-state index in [1.807, 2.05) is 6.07 Å². The van der Waals surface area contributed by atoms with E-state index >= 15 is 0 Å². The van der Waals surface area contributed by atoms with Gasteiger partial charge in [-0.3, -0.25) is 9.89 Å². The molecule has 0 radical (unpaired) electrons. The summed E-state index contributed by atoms with van der Waals surface area (Å²) in [5.74, 6) is 0.441. The molecule has 2 heterocycles. The molecule has 0 aliphatic heterocycles. The zero-order valence-electron chi connectivity index (χ0n) is 15.0. The molecule has 1 aliphatic carbocycles. The van der Waals surface area contributed by atoms with Gasteiger partial charge >= 0.3 is 0 Å². The van der Waals surface area contributed by atoms with Gasteiger partial charge in [-0.1, -0.05) is 18.6 Å². The Balaban J connectivity index is 1.56. The first-order valence-electron chi connectivity index (χ1n) is 9.01. The maximum atomic E-state index is 12.4. The molecule has 130 valence electrons. The average Bonchev–Trinajstić information content (AvgIpc) is 3.25. The zero-order valence-corrected chi connectivity index (χ0v) is 15.0. The van der Waals surface area contributed by atoms with Crippen molar-refractivity contribution in [2.45, 2.75) is 52.5 Å². The van der Waals surface area contributed by atoms with Gasteiger partial charge in [0.25, 0.3) is 5.91 Å². The molecule has 0 saturated heterocycles. The van der Waals surface area contributed by atoms with Crippen molar-refractivity contribution in [3.63, 3.8) is 0 Å². The number of carbonyl (C=O) groups excluding carboxylic acids is 1. The first-order chi connectivity index (χ1) is 12.1. The summed E-state index contributed by atoms with van der Waals surface area (Å²) in [4.78, 5) is 15.9. The first-order valence-corrected chi connectivity index (χ1v) is 9.01. The van der Waals surface area contributed by atoms with E-state index in [1.165, 1.54) is 35.0 Å². The molecule has 2 aromatic heterocycles. The number of rotatable bonds is 5. The van der Waals surface area contributed by atoms with Crippen molar-refractivity contribution < 1.29 is 4.79 Å². The third-order valence-electron chi connectivity index (χ3n) is 5.14. The highest BCUT2D eigenvalue weighted by molar-refractivity contribution is 5.93. The predicted octanol–water partition coefficient (Wildman–Crippen LogP) is 3.88. The minimum absolute atomic E-state index is 0.128. The lowest BCUT2D eigenvalue weighted by Crippen LogP contribution is -2.23. The molecule has 1 saturated carbocycles. The van der Waals surface area contributed by atoms with Crippen molar-refractivity contribution in [2.75, 3.05) is 0 Å². The zero-order chi connectivity index (χ0) is 17.6. The lowest BCUT2D eigenvalue weighted by atomic mass is 10.0. The molecule has 4 rings (SSSR count). The highest BCUT2D eigenvalue weighted by Crippen LogP contribution is 2.39. The van der Waals surface area contributed by atoms with Gasteiger partial charge in [-0.05, 0) is 56.4 Å². The molecular weight excluding hydrogens is 312 g/mol. The summed E-state index contributed by atoms with van der Waals surface area (Å²) in [6.45, 7) is 6.90. The lowest BCUT2D eigenvalue weighted by molar-refractivity contribution is 0.0946. The Labute approximate surface area is 147 Å². The number of aromatic amines is 2. The van der Waals surface area contributed by atoms with Crippen LogP contribution in [0.1, 0.15) is 64.2 Å². The molecule has 1 amide bonds. The number of nitrogens with zero attached hydrogens (tertiary/aromatic N) is 1. The molecule has 3 aromatic rings. The quantitative estimate of drug-likeness (QED) is 0.661. The number of hydrogen-bond donors (Lipinski definition) is 3. The summed E-state index contributed by atoms with van der Waals surface area (Å²) >= 11 is 0. The SMILES string of the molecule is CCc1[nH]c2c(CNC(=O)c3cc(C4CC4)[nH]n3)cc(C)cc2c1C. The molecule has 1 aliphatic rings. The van der Waals surface area contributed by atoms with E-state index in [2.05, 4.69) is 53.4 Å². The van der Waals surface area contributed by atoms with Gasteiger partial charge in [0.15, 0.2) is 0 Å². The fraction of sp³-hybridized carbons (Fsp3) is 0.400. The molecule has 0 unspecified atom stereocenters. The van der Waals surface area contributed by atoms with Gasteiger partial charge < -0.3 is 10.3 Å². The van der Waals surface area contributed by atoms with Gasteiger partial charge in [0.05, 0.1) is 5.52 Å². The number of fused-ring (bicyclic) bond motifs is 1. The average molecular weight is 336 g/mol. The van der Waals surface area contributed by atoms with E-state index in [-0.39, 0.29) is 5.91 Å². The smallest absolute Gasteiger partial charge is 0.272 e. The van der Waals surface area contributed by atoms with E-state index in [1.54, 1.807) is 0 Å². The molecule has 5 heteroatoms. The number of carbonyl (C=O) groups is 1. The number of hydrogen-bond acceptors (Lipinski definition) is 2. The van der Waals surface area contributed by atoms with Crippen LogP contribution in [-0.2, 0) is 13.0 Å². The number of nitrogens with one attached hydrogen (secondary N) is 3. The Morgan fingerprint density at radius 2 is 2.08 bits per heavy atom. The maximum Gasteiger partial charge on any atom is 0.272 e. The Morgan fingerprint density at radius 3 is 2.80 bits per heavy atom. The monoisotopic (exact) mass is 336 g/mol. The molecule has 1 fully saturated rings. The molecule has 0 atom stereocenters. The standard InChI is InChI=1S/C20H24N4O/c1-4-16-12(3)15-8-11(2)7-14(19(15)22-16)10-21-20(25)18-9-17(23-24-18)13-5-6-13/h7-9,13,22H,4-6,10H2,1-3H3,(H,21,25)(H,23,24). The second-order valence-electron chi connectivity index (χ2n) is 7.09. The van der Waals surface area contributed by atoms with Gasteiger partial charge in [-0.15, -0.1) is 0 Å². The van der Waals surface area contributed by atoms with Crippen molar-refractivity contribution in [2.24, 2.45) is 0 Å². The number of aryl methyl sites for hydroxylation is 3. The maximum absolute atomic E-state index is 12.4. The van der Waals surface area contributed by atoms with Crippen LogP contribution < -0.4 is 5.32 Å². The van der Waals surface area contributed by atoms with Crippen LogP contribution in [0.5, 0.6) is 0 Å². The molecule has 25 heavy (non-hydrogen) atoms. The second kappa shape index (κ2) is 6.06. The molecule has 5 nitrogen and oxygen atoms in total. The van der Waals surface area contributed by atoms with Gasteiger partial charge in [-0.2, -0.15) is 5.10 Å². The van der Waals surface area contributed by atoms with Crippen LogP contribution in [-0.4, -0.2) is 21.1 Å². The largest absolute Gasteiger partial charge is 0.358 e. The predicted molar refractivity (Wildman–Crippen MR) is 98.9 cm³/mol. The summed E-state index contributed by atoms with van der Waals surface area (Å²) in [5.41, 5.74) is 7.56. The third kappa shape index (κ3) is 2.95. The van der Waals surface area contributed by atoms with Crippen molar-refractivity contribution in [1.82, 2.24) is 20.5 Å². The van der Waals surface area contributed by atoms with Gasteiger partial charge in [0, 0.05) is 29.2 Å². The summed E-state index contributed by atoms with van der Waals surface area (Å²) in [6.07, 6.45) is 3.36. The lowest BCUT2D eigenvalue weighted by Gasteiger charge is -2.07. The van der Waals surface area contributed by atoms with Crippen LogP contribution in [0.25, 0.3) is 10.9 Å². The fourth-order valence-corrected chi connectivity index (χ4v) is 3.53. The Morgan fingerprint density at radius 1 is 1.28 bits per heavy atom. The number of amides is 1. The first kappa shape index (κ1) is 15.9. The molecule has 3 N–H and O–H groups in total. The molecule has 0 spiro atoms. The molecular formula is C20H24N4O. The van der Waals surface area contributed by atoms with E-state index in [4.69, 9.17) is 0 Å². The van der Waals surface area contributed by atoms with Crippen LogP contribution in [0.3, 0.4) is 0 Å². The van der Waals surface area contributed by atoms with Gasteiger partial charge in [0.2, 0.25) is 0 Å². The van der Waals surface area contributed by atoms with E-state index in [0.29, 0.717) is 18.2 Å². The number of benzene rings is 1. The summed E-state index contributed by atoms with van der Waals surface area (Å²) in [5, 5.41) is 11.4. The highest BCUT2D eigenvalue weighted by atomic mass is 16.1. The summed E-state index contributed by atoms with van der Waals surface area (Å²) in [7, 11) is 0. The second-order valence-corrected chi connectivity index (χ2v) is 7.09. The minimum atomic E-state index is -0.128. The molecule has 1 aromatic carbocycles. The minimum Gasteiger partial charge on any atom is -0.358 e. The van der Waals surface area contributed by atoms with E-state index in [9.17, 15) is 4.79 Å².